The number of nitriles is 1. The van der Waals surface area contributed by atoms with Crippen molar-refractivity contribution in [2.24, 2.45) is 0 Å². The van der Waals surface area contributed by atoms with Crippen LogP contribution in [0.4, 0.5) is 0 Å². The molecule has 5 heteroatoms. The summed E-state index contributed by atoms with van der Waals surface area (Å²) < 4.78 is 2.30. The van der Waals surface area contributed by atoms with Gasteiger partial charge in [-0.1, -0.05) is 131 Å². The molecule has 0 spiro atoms. The van der Waals surface area contributed by atoms with Crippen molar-refractivity contribution in [3.63, 3.8) is 0 Å². The summed E-state index contributed by atoms with van der Waals surface area (Å²) in [5.41, 5.74) is 15.7. The Kier molecular flexibility index (Phi) is 8.37. The molecular formula is C50H37N5. The first kappa shape index (κ1) is 33.7. The standard InChI is InChI=1S/C50H37N5/c1-31-21-32(2)24-40(23-31)38-16-19-45-42(28-38)43-29-39(41-25-33(3)22-34(4)26-41)17-20-46(43)55(45)47-18-15-35(30-51)27-44(47)50-53-48(36-11-7-5-8-12-36)52-49(54-50)37-13-9-6-10-14-37/h5-29H,1-4H3. The van der Waals surface area contributed by atoms with Crippen molar-refractivity contribution in [1.82, 2.24) is 19.5 Å². The van der Waals surface area contributed by atoms with Crippen LogP contribution in [-0.2, 0) is 0 Å². The van der Waals surface area contributed by atoms with Gasteiger partial charge in [0, 0.05) is 27.5 Å². The number of hydrogen-bond donors (Lipinski definition) is 0. The topological polar surface area (TPSA) is 67.4 Å². The van der Waals surface area contributed by atoms with Gasteiger partial charge < -0.3 is 4.57 Å². The first-order chi connectivity index (χ1) is 26.8. The number of hydrogen-bond acceptors (Lipinski definition) is 4. The average molecular weight is 708 g/mol. The van der Waals surface area contributed by atoms with Gasteiger partial charge >= 0.3 is 0 Å². The molecule has 0 aliphatic heterocycles. The first-order valence-corrected chi connectivity index (χ1v) is 18.5. The van der Waals surface area contributed by atoms with Crippen molar-refractivity contribution in [3.05, 3.63) is 179 Å². The molecule has 9 rings (SSSR count). The molecule has 7 aromatic carbocycles. The SMILES string of the molecule is Cc1cc(C)cc(-c2ccc3c(c2)c2cc(-c4cc(C)cc(C)c4)ccc2n3-c2ccc(C#N)cc2-c2nc(-c3ccccc3)nc(-c3ccccc3)n2)c1. The van der Waals surface area contributed by atoms with Crippen molar-refractivity contribution < 1.29 is 0 Å². The Morgan fingerprint density at radius 3 is 1.33 bits per heavy atom. The number of nitrogens with zero attached hydrogens (tertiary/aromatic N) is 5. The van der Waals surface area contributed by atoms with Gasteiger partial charge in [0.05, 0.1) is 28.4 Å². The highest BCUT2D eigenvalue weighted by Crippen LogP contribution is 2.40. The van der Waals surface area contributed by atoms with Crippen molar-refractivity contribution >= 4 is 21.8 Å². The molecule has 0 saturated heterocycles. The van der Waals surface area contributed by atoms with Crippen LogP contribution < -0.4 is 0 Å². The third-order valence-electron chi connectivity index (χ3n) is 10.2. The van der Waals surface area contributed by atoms with E-state index in [4.69, 9.17) is 15.0 Å². The van der Waals surface area contributed by atoms with Gasteiger partial charge in [-0.2, -0.15) is 5.26 Å². The zero-order chi connectivity index (χ0) is 37.6. The molecule has 0 aliphatic carbocycles. The lowest BCUT2D eigenvalue weighted by atomic mass is 9.97. The normalized spacial score (nSPS) is 11.3. The van der Waals surface area contributed by atoms with E-state index in [1.165, 1.54) is 33.4 Å². The van der Waals surface area contributed by atoms with Gasteiger partial charge in [0.2, 0.25) is 0 Å². The van der Waals surface area contributed by atoms with Gasteiger partial charge in [-0.25, -0.2) is 15.0 Å². The molecule has 9 aromatic rings. The predicted molar refractivity (Wildman–Crippen MR) is 225 cm³/mol. The summed E-state index contributed by atoms with van der Waals surface area (Å²) in [6, 6.07) is 55.1. The van der Waals surface area contributed by atoms with Gasteiger partial charge in [-0.3, -0.25) is 0 Å². The molecule has 0 fully saturated rings. The maximum absolute atomic E-state index is 10.2. The number of aromatic nitrogens is 4. The van der Waals surface area contributed by atoms with Gasteiger partial charge in [0.25, 0.3) is 0 Å². The summed E-state index contributed by atoms with van der Waals surface area (Å²) in [7, 11) is 0. The van der Waals surface area contributed by atoms with E-state index in [0.717, 1.165) is 55.3 Å². The Labute approximate surface area is 320 Å². The smallest absolute Gasteiger partial charge is 0.166 e. The molecule has 5 nitrogen and oxygen atoms in total. The maximum atomic E-state index is 10.2. The fourth-order valence-corrected chi connectivity index (χ4v) is 7.83. The van der Waals surface area contributed by atoms with Crippen molar-refractivity contribution in [2.75, 3.05) is 0 Å². The fourth-order valence-electron chi connectivity index (χ4n) is 7.83. The second-order valence-electron chi connectivity index (χ2n) is 14.4. The van der Waals surface area contributed by atoms with E-state index in [-0.39, 0.29) is 0 Å². The van der Waals surface area contributed by atoms with E-state index in [2.05, 4.69) is 111 Å². The zero-order valence-corrected chi connectivity index (χ0v) is 31.2. The highest BCUT2D eigenvalue weighted by Gasteiger charge is 2.21. The molecule has 0 saturated carbocycles. The summed E-state index contributed by atoms with van der Waals surface area (Å²) in [6.45, 7) is 8.60. The van der Waals surface area contributed by atoms with Gasteiger partial charge in [-0.15, -0.1) is 0 Å². The minimum Gasteiger partial charge on any atom is -0.308 e. The van der Waals surface area contributed by atoms with Crippen LogP contribution in [0.1, 0.15) is 27.8 Å². The van der Waals surface area contributed by atoms with Crippen LogP contribution in [0.5, 0.6) is 0 Å². The molecule has 2 aromatic heterocycles. The minimum atomic E-state index is 0.494. The van der Waals surface area contributed by atoms with E-state index < -0.39 is 0 Å². The van der Waals surface area contributed by atoms with Crippen LogP contribution >= 0.6 is 0 Å². The van der Waals surface area contributed by atoms with Gasteiger partial charge in [0.1, 0.15) is 0 Å². The molecular weight excluding hydrogens is 671 g/mol. The summed E-state index contributed by atoms with van der Waals surface area (Å²) in [5, 5.41) is 12.5. The maximum Gasteiger partial charge on any atom is 0.166 e. The second-order valence-corrected chi connectivity index (χ2v) is 14.4. The fraction of sp³-hybridized carbons (Fsp3) is 0.0800. The van der Waals surface area contributed by atoms with E-state index in [0.29, 0.717) is 23.0 Å². The molecule has 0 atom stereocenters. The third kappa shape index (κ3) is 6.34. The van der Waals surface area contributed by atoms with Crippen LogP contribution in [0.2, 0.25) is 0 Å². The lowest BCUT2D eigenvalue weighted by Crippen LogP contribution is -2.04. The Morgan fingerprint density at radius 2 is 0.873 bits per heavy atom. The molecule has 0 unspecified atom stereocenters. The zero-order valence-electron chi connectivity index (χ0n) is 31.2. The Morgan fingerprint density at radius 1 is 0.418 bits per heavy atom. The van der Waals surface area contributed by atoms with Crippen molar-refractivity contribution in [2.45, 2.75) is 27.7 Å². The van der Waals surface area contributed by atoms with Crippen molar-refractivity contribution in [3.8, 4) is 68.2 Å². The van der Waals surface area contributed by atoms with E-state index in [1.54, 1.807) is 0 Å². The summed E-state index contributed by atoms with van der Waals surface area (Å²) in [5.74, 6) is 1.63. The summed E-state index contributed by atoms with van der Waals surface area (Å²) >= 11 is 0. The predicted octanol–water partition coefficient (Wildman–Crippen LogP) is 12.4. The van der Waals surface area contributed by atoms with E-state index in [1.807, 2.05) is 78.9 Å². The molecule has 0 radical (unpaired) electrons. The Hall–Kier alpha value is -7.16. The average Bonchev–Trinajstić information content (AvgIpc) is 3.53. The van der Waals surface area contributed by atoms with Gasteiger partial charge in [0.15, 0.2) is 17.5 Å². The lowest BCUT2D eigenvalue weighted by Gasteiger charge is -2.15. The highest BCUT2D eigenvalue weighted by molar-refractivity contribution is 6.12. The number of aryl methyl sites for hydroxylation is 4. The first-order valence-electron chi connectivity index (χ1n) is 18.5. The van der Waals surface area contributed by atoms with Gasteiger partial charge in [-0.05, 0) is 92.4 Å². The molecule has 0 N–H and O–H groups in total. The van der Waals surface area contributed by atoms with Crippen molar-refractivity contribution in [1.29, 1.82) is 5.26 Å². The van der Waals surface area contributed by atoms with Crippen LogP contribution in [0.25, 0.3) is 83.9 Å². The van der Waals surface area contributed by atoms with E-state index >= 15 is 0 Å². The third-order valence-corrected chi connectivity index (χ3v) is 10.2. The highest BCUT2D eigenvalue weighted by atomic mass is 15.1. The monoisotopic (exact) mass is 707 g/mol. The molecule has 0 amide bonds. The van der Waals surface area contributed by atoms with Crippen LogP contribution in [0.15, 0.2) is 152 Å². The Balaban J connectivity index is 1.34. The molecule has 2 heterocycles. The molecule has 262 valence electrons. The largest absolute Gasteiger partial charge is 0.308 e. The Bertz CT molecular complexity index is 2760. The number of benzene rings is 7. The number of fused-ring (bicyclic) bond motifs is 3. The minimum absolute atomic E-state index is 0.494. The lowest BCUT2D eigenvalue weighted by molar-refractivity contribution is 1.06. The molecule has 0 bridgehead atoms. The number of rotatable bonds is 6. The quantitative estimate of drug-likeness (QED) is 0.173. The van der Waals surface area contributed by atoms with Crippen LogP contribution in [0.3, 0.4) is 0 Å². The molecule has 55 heavy (non-hydrogen) atoms. The van der Waals surface area contributed by atoms with E-state index in [9.17, 15) is 5.26 Å². The molecule has 0 aliphatic rings. The second kappa shape index (κ2) is 13.7. The summed E-state index contributed by atoms with van der Waals surface area (Å²) in [6.07, 6.45) is 0. The summed E-state index contributed by atoms with van der Waals surface area (Å²) in [4.78, 5) is 15.1. The van der Waals surface area contributed by atoms with Crippen LogP contribution in [0, 0.1) is 39.0 Å². The van der Waals surface area contributed by atoms with Crippen LogP contribution in [-0.4, -0.2) is 19.5 Å².